The molecule has 7 heteroatoms. The largest absolute Gasteiger partial charge is 0.481 e. The molecule has 26 heavy (non-hydrogen) atoms. The van der Waals surface area contributed by atoms with Crippen LogP contribution in [0.5, 0.6) is 0 Å². The predicted molar refractivity (Wildman–Crippen MR) is 101 cm³/mol. The van der Waals surface area contributed by atoms with Crippen molar-refractivity contribution in [1.82, 2.24) is 19.7 Å². The number of aromatic nitrogens is 4. The number of nitrogens with zero attached hydrogens (tertiary/aromatic N) is 4. The van der Waals surface area contributed by atoms with Gasteiger partial charge in [0.25, 0.3) is 0 Å². The van der Waals surface area contributed by atoms with Gasteiger partial charge in [0.2, 0.25) is 0 Å². The minimum Gasteiger partial charge on any atom is -0.481 e. The number of para-hydroxylation sites is 1. The lowest BCUT2D eigenvalue weighted by molar-refractivity contribution is -0.135. The van der Waals surface area contributed by atoms with E-state index in [-0.39, 0.29) is 6.42 Å². The maximum Gasteiger partial charge on any atom is 0.307 e. The van der Waals surface area contributed by atoms with Crippen molar-refractivity contribution < 1.29 is 9.90 Å². The van der Waals surface area contributed by atoms with Crippen molar-refractivity contribution >= 4 is 39.2 Å². The first kappa shape index (κ1) is 16.2. The van der Waals surface area contributed by atoms with E-state index >= 15 is 0 Å². The third kappa shape index (κ3) is 3.38. The highest BCUT2D eigenvalue weighted by Crippen LogP contribution is 2.30. The molecule has 0 saturated carbocycles. The average Bonchev–Trinajstić information content (AvgIpc) is 3.31. The first-order chi connectivity index (χ1) is 12.7. The fourth-order valence-corrected chi connectivity index (χ4v) is 3.61. The molecule has 0 aliphatic heterocycles. The molecule has 128 valence electrons. The molecule has 0 radical (unpaired) electrons. The standard InChI is InChI=1S/C19H14N4O2S/c24-18(25)10-14(19-22-16-3-1-2-4-17(16)26-19)9-13-5-7-15(8-6-13)23-12-20-11-21-23/h1-9,11-12H,10H2,(H,24,25)/b14-9-. The quantitative estimate of drug-likeness (QED) is 0.582. The summed E-state index contributed by atoms with van der Waals surface area (Å²) in [5.41, 5.74) is 3.36. The number of hydrogen-bond acceptors (Lipinski definition) is 5. The van der Waals surface area contributed by atoms with Crippen LogP contribution in [0.1, 0.15) is 17.0 Å². The zero-order valence-corrected chi connectivity index (χ0v) is 14.4. The molecule has 0 aliphatic carbocycles. The van der Waals surface area contributed by atoms with E-state index in [0.29, 0.717) is 5.57 Å². The molecule has 2 aromatic carbocycles. The van der Waals surface area contributed by atoms with Crippen LogP contribution >= 0.6 is 11.3 Å². The lowest BCUT2D eigenvalue weighted by Crippen LogP contribution is -1.97. The number of thiazole rings is 1. The Kier molecular flexibility index (Phi) is 4.28. The summed E-state index contributed by atoms with van der Waals surface area (Å²) in [4.78, 5) is 19.8. The molecule has 0 bridgehead atoms. The molecule has 2 aromatic heterocycles. The van der Waals surface area contributed by atoms with Crippen LogP contribution in [0.2, 0.25) is 0 Å². The van der Waals surface area contributed by atoms with Gasteiger partial charge in [-0.15, -0.1) is 11.3 Å². The number of fused-ring (bicyclic) bond motifs is 1. The molecule has 0 atom stereocenters. The second kappa shape index (κ2) is 6.89. The van der Waals surface area contributed by atoms with Crippen LogP contribution in [0.15, 0.2) is 61.2 Å². The minimum atomic E-state index is -0.880. The second-order valence-corrected chi connectivity index (χ2v) is 6.69. The van der Waals surface area contributed by atoms with Crippen LogP contribution in [-0.2, 0) is 4.79 Å². The van der Waals surface area contributed by atoms with Crippen LogP contribution in [0, 0.1) is 0 Å². The van der Waals surface area contributed by atoms with E-state index in [1.54, 1.807) is 11.0 Å². The zero-order valence-electron chi connectivity index (χ0n) is 13.6. The van der Waals surface area contributed by atoms with Gasteiger partial charge in [-0.3, -0.25) is 4.79 Å². The Hall–Kier alpha value is -3.32. The smallest absolute Gasteiger partial charge is 0.307 e. The van der Waals surface area contributed by atoms with Crippen molar-refractivity contribution in [2.24, 2.45) is 0 Å². The third-order valence-corrected chi connectivity index (χ3v) is 4.94. The Bertz CT molecular complexity index is 1050. The normalized spacial score (nSPS) is 11.8. The van der Waals surface area contributed by atoms with Crippen molar-refractivity contribution in [2.75, 3.05) is 0 Å². The lowest BCUT2D eigenvalue weighted by atomic mass is 10.1. The molecule has 0 unspecified atom stereocenters. The van der Waals surface area contributed by atoms with Gasteiger partial charge < -0.3 is 5.11 Å². The van der Waals surface area contributed by atoms with Gasteiger partial charge in [0.15, 0.2) is 0 Å². The molecular formula is C19H14N4O2S. The Labute approximate surface area is 153 Å². The van der Waals surface area contributed by atoms with Crippen molar-refractivity contribution in [1.29, 1.82) is 0 Å². The van der Waals surface area contributed by atoms with Gasteiger partial charge in [0.1, 0.15) is 17.7 Å². The first-order valence-electron chi connectivity index (χ1n) is 7.92. The van der Waals surface area contributed by atoms with Crippen LogP contribution < -0.4 is 0 Å². The van der Waals surface area contributed by atoms with Crippen molar-refractivity contribution in [3.05, 3.63) is 71.8 Å². The van der Waals surface area contributed by atoms with E-state index in [4.69, 9.17) is 0 Å². The number of aliphatic carboxylic acids is 1. The number of hydrogen-bond donors (Lipinski definition) is 1. The van der Waals surface area contributed by atoms with Gasteiger partial charge in [-0.1, -0.05) is 24.3 Å². The average molecular weight is 362 g/mol. The fourth-order valence-electron chi connectivity index (χ4n) is 2.63. The van der Waals surface area contributed by atoms with E-state index in [1.807, 2.05) is 54.6 Å². The number of carbonyl (C=O) groups is 1. The highest BCUT2D eigenvalue weighted by Gasteiger charge is 2.12. The maximum absolute atomic E-state index is 11.3. The first-order valence-corrected chi connectivity index (χ1v) is 8.74. The van der Waals surface area contributed by atoms with E-state index in [2.05, 4.69) is 15.1 Å². The second-order valence-electron chi connectivity index (χ2n) is 5.66. The van der Waals surface area contributed by atoms with Crippen molar-refractivity contribution in [2.45, 2.75) is 6.42 Å². The molecule has 4 aromatic rings. The Morgan fingerprint density at radius 2 is 1.96 bits per heavy atom. The van der Waals surface area contributed by atoms with Gasteiger partial charge in [0.05, 0.1) is 22.3 Å². The Morgan fingerprint density at radius 3 is 2.65 bits per heavy atom. The van der Waals surface area contributed by atoms with E-state index in [0.717, 1.165) is 26.5 Å². The maximum atomic E-state index is 11.3. The molecule has 1 N–H and O–H groups in total. The van der Waals surface area contributed by atoms with Gasteiger partial charge in [-0.05, 0) is 41.5 Å². The van der Waals surface area contributed by atoms with E-state index < -0.39 is 5.97 Å². The Balaban J connectivity index is 1.70. The molecule has 0 aliphatic rings. The molecule has 0 fully saturated rings. The fraction of sp³-hybridized carbons (Fsp3) is 0.0526. The van der Waals surface area contributed by atoms with Gasteiger partial charge in [-0.2, -0.15) is 5.10 Å². The van der Waals surface area contributed by atoms with Gasteiger partial charge in [0, 0.05) is 0 Å². The summed E-state index contributed by atoms with van der Waals surface area (Å²) in [6.07, 6.45) is 4.90. The van der Waals surface area contributed by atoms with Crippen molar-refractivity contribution in [3.8, 4) is 5.69 Å². The monoisotopic (exact) mass is 362 g/mol. The molecule has 6 nitrogen and oxygen atoms in total. The molecule has 0 amide bonds. The molecule has 0 spiro atoms. The number of carboxylic acids is 1. The predicted octanol–water partition coefficient (Wildman–Crippen LogP) is 3.89. The number of benzene rings is 2. The highest BCUT2D eigenvalue weighted by molar-refractivity contribution is 7.19. The molecule has 0 saturated heterocycles. The third-order valence-electron chi connectivity index (χ3n) is 3.83. The topological polar surface area (TPSA) is 80.9 Å². The van der Waals surface area contributed by atoms with Crippen LogP contribution in [0.4, 0.5) is 0 Å². The summed E-state index contributed by atoms with van der Waals surface area (Å²) >= 11 is 1.50. The summed E-state index contributed by atoms with van der Waals surface area (Å²) in [7, 11) is 0. The molecule has 4 rings (SSSR count). The van der Waals surface area contributed by atoms with E-state index in [1.165, 1.54) is 17.7 Å². The van der Waals surface area contributed by atoms with Crippen LogP contribution in [0.25, 0.3) is 27.6 Å². The minimum absolute atomic E-state index is 0.0787. The zero-order chi connectivity index (χ0) is 17.9. The summed E-state index contributed by atoms with van der Waals surface area (Å²) < 4.78 is 2.71. The summed E-state index contributed by atoms with van der Waals surface area (Å²) in [5, 5.41) is 14.1. The number of carboxylic acid groups (broad SMARTS) is 1. The Morgan fingerprint density at radius 1 is 1.15 bits per heavy atom. The van der Waals surface area contributed by atoms with Crippen molar-refractivity contribution in [3.63, 3.8) is 0 Å². The molecular weight excluding hydrogens is 348 g/mol. The van der Waals surface area contributed by atoms with Gasteiger partial charge >= 0.3 is 5.97 Å². The van der Waals surface area contributed by atoms with Gasteiger partial charge in [-0.25, -0.2) is 14.6 Å². The SMILES string of the molecule is O=C(O)C/C(=C/c1ccc(-n2cncn2)cc1)c1nc2ccccc2s1. The summed E-state index contributed by atoms with van der Waals surface area (Å²) in [5.74, 6) is -0.880. The van der Waals surface area contributed by atoms with Crippen LogP contribution in [0.3, 0.4) is 0 Å². The summed E-state index contributed by atoms with van der Waals surface area (Å²) in [6, 6.07) is 15.5. The van der Waals surface area contributed by atoms with Crippen LogP contribution in [-0.4, -0.2) is 30.8 Å². The highest BCUT2D eigenvalue weighted by atomic mass is 32.1. The lowest BCUT2D eigenvalue weighted by Gasteiger charge is -2.04. The number of rotatable bonds is 5. The summed E-state index contributed by atoms with van der Waals surface area (Å²) in [6.45, 7) is 0. The molecule has 2 heterocycles. The van der Waals surface area contributed by atoms with E-state index in [9.17, 15) is 9.90 Å².